The van der Waals surface area contributed by atoms with Gasteiger partial charge in [-0.1, -0.05) is 20.8 Å². The molecule has 1 unspecified atom stereocenters. The van der Waals surface area contributed by atoms with Gasteiger partial charge < -0.3 is 0 Å². The summed E-state index contributed by atoms with van der Waals surface area (Å²) in [4.78, 5) is 24.7. The second kappa shape index (κ2) is 4.29. The zero-order chi connectivity index (χ0) is 15.5. The molecule has 1 aliphatic carbocycles. The molecule has 1 aromatic heterocycles. The van der Waals surface area contributed by atoms with E-state index in [4.69, 9.17) is 7.85 Å². The lowest BCUT2D eigenvalue weighted by Gasteiger charge is -2.18. The average molecular weight is 283 g/mol. The summed E-state index contributed by atoms with van der Waals surface area (Å²) in [7, 11) is 5.80. The standard InChI is InChI=1S/C16H15BFNO2/c1-16(2,3)15(21)19-7-8-6-9(17)14(20)13-10(18)4-5-11(19)12(8)13/h4-5,7,9H,6H2,1-3H3. The Morgan fingerprint density at radius 2 is 2.05 bits per heavy atom. The number of nitrogens with zero attached hydrogens (tertiary/aromatic N) is 1. The third-order valence-corrected chi connectivity index (χ3v) is 3.88. The largest absolute Gasteiger partial charge is 0.295 e. The number of Topliss-reactive ketones (excluding diaryl/α,β-unsaturated/α-hetero) is 1. The summed E-state index contributed by atoms with van der Waals surface area (Å²) in [6.07, 6.45) is 2.02. The van der Waals surface area contributed by atoms with Crippen molar-refractivity contribution >= 4 is 30.4 Å². The molecule has 21 heavy (non-hydrogen) atoms. The molecular weight excluding hydrogens is 268 g/mol. The zero-order valence-electron chi connectivity index (χ0n) is 12.2. The Morgan fingerprint density at radius 3 is 2.67 bits per heavy atom. The van der Waals surface area contributed by atoms with Crippen molar-refractivity contribution < 1.29 is 14.0 Å². The lowest BCUT2D eigenvalue weighted by atomic mass is 9.72. The van der Waals surface area contributed by atoms with Crippen molar-refractivity contribution in [2.24, 2.45) is 5.41 Å². The van der Waals surface area contributed by atoms with Crippen LogP contribution in [0.15, 0.2) is 18.3 Å². The van der Waals surface area contributed by atoms with Crippen LogP contribution in [0.2, 0.25) is 5.82 Å². The van der Waals surface area contributed by atoms with Crippen LogP contribution in [0.1, 0.15) is 41.5 Å². The predicted octanol–water partition coefficient (Wildman–Crippen LogP) is 3.16. The van der Waals surface area contributed by atoms with E-state index in [1.165, 1.54) is 10.6 Å². The summed E-state index contributed by atoms with van der Waals surface area (Å²) < 4.78 is 15.5. The molecule has 0 fully saturated rings. The second-order valence-electron chi connectivity index (χ2n) is 6.57. The highest BCUT2D eigenvalue weighted by atomic mass is 19.1. The van der Waals surface area contributed by atoms with Gasteiger partial charge in [-0.3, -0.25) is 14.2 Å². The maximum absolute atomic E-state index is 14.0. The average Bonchev–Trinajstić information content (AvgIpc) is 2.74. The topological polar surface area (TPSA) is 39.1 Å². The van der Waals surface area contributed by atoms with E-state index in [1.807, 2.05) is 20.8 Å². The number of benzene rings is 1. The van der Waals surface area contributed by atoms with Gasteiger partial charge in [0.2, 0.25) is 5.91 Å². The van der Waals surface area contributed by atoms with Crippen LogP contribution in [0.3, 0.4) is 0 Å². The second-order valence-corrected chi connectivity index (χ2v) is 6.57. The number of ketones is 1. The number of hydrogen-bond donors (Lipinski definition) is 0. The van der Waals surface area contributed by atoms with Crippen molar-refractivity contribution in [3.63, 3.8) is 0 Å². The van der Waals surface area contributed by atoms with E-state index in [-0.39, 0.29) is 11.5 Å². The molecule has 0 aliphatic heterocycles. The van der Waals surface area contributed by atoms with Crippen molar-refractivity contribution in [2.45, 2.75) is 33.0 Å². The maximum atomic E-state index is 14.0. The quantitative estimate of drug-likeness (QED) is 0.697. The molecule has 2 radical (unpaired) electrons. The SMILES string of the molecule is [B]C1Cc2cn(C(=O)C(C)(C)C)c3ccc(F)c(c23)C1=O. The molecule has 106 valence electrons. The van der Waals surface area contributed by atoms with Gasteiger partial charge >= 0.3 is 0 Å². The fourth-order valence-corrected chi connectivity index (χ4v) is 2.82. The highest BCUT2D eigenvalue weighted by molar-refractivity contribution is 6.31. The molecule has 1 aromatic carbocycles. The number of carbonyl (C=O) groups is 2. The first-order valence-electron chi connectivity index (χ1n) is 6.89. The van der Waals surface area contributed by atoms with Crippen molar-refractivity contribution in [3.05, 3.63) is 35.3 Å². The minimum atomic E-state index is -0.752. The molecular formula is C16H15BFNO2. The van der Waals surface area contributed by atoms with Crippen LogP contribution in [0, 0.1) is 11.2 Å². The Balaban J connectivity index is 2.35. The van der Waals surface area contributed by atoms with E-state index in [9.17, 15) is 14.0 Å². The summed E-state index contributed by atoms with van der Waals surface area (Å²) in [6.45, 7) is 5.46. The van der Waals surface area contributed by atoms with Gasteiger partial charge in [0, 0.05) is 17.0 Å². The Morgan fingerprint density at radius 1 is 1.38 bits per heavy atom. The number of carbonyl (C=O) groups excluding carboxylic acids is 2. The molecule has 1 heterocycles. The monoisotopic (exact) mass is 283 g/mol. The van der Waals surface area contributed by atoms with Crippen LogP contribution in [-0.4, -0.2) is 24.1 Å². The lowest BCUT2D eigenvalue weighted by molar-refractivity contribution is 0.0772. The molecule has 0 spiro atoms. The van der Waals surface area contributed by atoms with E-state index in [2.05, 4.69) is 0 Å². The van der Waals surface area contributed by atoms with Gasteiger partial charge in [0.1, 0.15) is 5.82 Å². The van der Waals surface area contributed by atoms with Crippen LogP contribution in [0.25, 0.3) is 10.9 Å². The smallest absolute Gasteiger partial charge is 0.236 e. The number of halogens is 1. The van der Waals surface area contributed by atoms with Gasteiger partial charge in [0.05, 0.1) is 18.9 Å². The molecule has 0 saturated carbocycles. The van der Waals surface area contributed by atoms with Gasteiger partial charge in [-0.05, 0) is 29.9 Å². The summed E-state index contributed by atoms with van der Waals surface area (Å²) in [5.74, 6) is -1.83. The molecule has 0 saturated heterocycles. The maximum Gasteiger partial charge on any atom is 0.236 e. The third-order valence-electron chi connectivity index (χ3n) is 3.88. The lowest BCUT2D eigenvalue weighted by Crippen LogP contribution is -2.26. The van der Waals surface area contributed by atoms with E-state index in [0.717, 1.165) is 5.56 Å². The molecule has 0 amide bonds. The number of rotatable bonds is 0. The summed E-state index contributed by atoms with van der Waals surface area (Å²) >= 11 is 0. The molecule has 2 aromatic rings. The number of aromatic nitrogens is 1. The molecule has 1 atom stereocenters. The molecule has 0 bridgehead atoms. The fraction of sp³-hybridized carbons (Fsp3) is 0.375. The minimum absolute atomic E-state index is 0.0155. The summed E-state index contributed by atoms with van der Waals surface area (Å²) in [5.41, 5.74) is 0.769. The van der Waals surface area contributed by atoms with Gasteiger partial charge in [-0.15, -0.1) is 0 Å². The third kappa shape index (κ3) is 1.94. The van der Waals surface area contributed by atoms with Crippen LogP contribution < -0.4 is 0 Å². The van der Waals surface area contributed by atoms with Crippen molar-refractivity contribution in [2.75, 3.05) is 0 Å². The van der Waals surface area contributed by atoms with Crippen LogP contribution in [-0.2, 0) is 6.42 Å². The van der Waals surface area contributed by atoms with Crippen LogP contribution in [0.5, 0.6) is 0 Å². The summed E-state index contributed by atoms with van der Waals surface area (Å²) in [6, 6.07) is 2.77. The Kier molecular flexibility index (Phi) is 2.87. The first kappa shape index (κ1) is 14.0. The van der Waals surface area contributed by atoms with Gasteiger partial charge in [0.15, 0.2) is 5.78 Å². The first-order chi connectivity index (χ1) is 9.71. The van der Waals surface area contributed by atoms with E-state index in [0.29, 0.717) is 17.3 Å². The molecule has 3 nitrogen and oxygen atoms in total. The predicted molar refractivity (Wildman–Crippen MR) is 79.5 cm³/mol. The Hall–Kier alpha value is -1.91. The van der Waals surface area contributed by atoms with Crippen LogP contribution in [0.4, 0.5) is 4.39 Å². The summed E-state index contributed by atoms with van der Waals surface area (Å²) in [5, 5.41) is 0.527. The van der Waals surface area contributed by atoms with Gasteiger partial charge in [-0.25, -0.2) is 4.39 Å². The highest BCUT2D eigenvalue weighted by Crippen LogP contribution is 2.37. The minimum Gasteiger partial charge on any atom is -0.295 e. The van der Waals surface area contributed by atoms with Gasteiger partial charge in [0.25, 0.3) is 0 Å². The first-order valence-corrected chi connectivity index (χ1v) is 6.89. The van der Waals surface area contributed by atoms with E-state index < -0.39 is 22.8 Å². The fourth-order valence-electron chi connectivity index (χ4n) is 2.82. The molecule has 1 aliphatic rings. The molecule has 5 heteroatoms. The number of hydrogen-bond acceptors (Lipinski definition) is 2. The molecule has 0 N–H and O–H groups in total. The van der Waals surface area contributed by atoms with Crippen molar-refractivity contribution in [3.8, 4) is 0 Å². The normalized spacial score (nSPS) is 18.3. The zero-order valence-corrected chi connectivity index (χ0v) is 12.2. The van der Waals surface area contributed by atoms with Crippen molar-refractivity contribution in [1.29, 1.82) is 0 Å². The van der Waals surface area contributed by atoms with Crippen LogP contribution >= 0.6 is 0 Å². The highest BCUT2D eigenvalue weighted by Gasteiger charge is 2.32. The molecule has 3 rings (SSSR count). The Labute approximate surface area is 123 Å². The van der Waals surface area contributed by atoms with E-state index >= 15 is 0 Å². The van der Waals surface area contributed by atoms with Gasteiger partial charge in [-0.2, -0.15) is 0 Å². The van der Waals surface area contributed by atoms with E-state index in [1.54, 1.807) is 12.3 Å². The Bertz CT molecular complexity index is 786. The van der Waals surface area contributed by atoms with Crippen molar-refractivity contribution in [1.82, 2.24) is 4.57 Å².